The van der Waals surface area contributed by atoms with E-state index < -0.39 is 5.97 Å². The first-order valence-corrected chi connectivity index (χ1v) is 8.02. The molecule has 0 radical (unpaired) electrons. The summed E-state index contributed by atoms with van der Waals surface area (Å²) in [5, 5.41) is 11.3. The highest BCUT2D eigenvalue weighted by atomic mass is 32.1. The van der Waals surface area contributed by atoms with Gasteiger partial charge in [-0.05, 0) is 5.56 Å². The van der Waals surface area contributed by atoms with Crippen LogP contribution in [0.25, 0.3) is 16.2 Å². The standard InChI is InChI=1S/C17H18N2O2S/c1-17(2,3)15-12(9-14(20)21)19-13(10-22-16(19)18-15)11-7-5-4-6-8-11/h4-8,10H,9H2,1-3H3,(H,20,21). The smallest absolute Gasteiger partial charge is 0.309 e. The Kier molecular flexibility index (Phi) is 3.53. The Morgan fingerprint density at radius 2 is 1.95 bits per heavy atom. The number of carboxylic acids is 1. The van der Waals surface area contributed by atoms with Crippen LogP contribution in [0.2, 0.25) is 0 Å². The number of carboxylic acid groups (broad SMARTS) is 1. The molecule has 1 N–H and O–H groups in total. The molecule has 0 bridgehead atoms. The van der Waals surface area contributed by atoms with E-state index in [-0.39, 0.29) is 11.8 Å². The van der Waals surface area contributed by atoms with Crippen LogP contribution in [0.15, 0.2) is 35.7 Å². The molecule has 0 saturated carbocycles. The molecule has 0 aliphatic carbocycles. The van der Waals surface area contributed by atoms with Gasteiger partial charge in [0.1, 0.15) is 0 Å². The van der Waals surface area contributed by atoms with Gasteiger partial charge in [-0.3, -0.25) is 9.20 Å². The van der Waals surface area contributed by atoms with Crippen LogP contribution in [0.1, 0.15) is 32.2 Å². The van der Waals surface area contributed by atoms with Crippen molar-refractivity contribution in [1.29, 1.82) is 0 Å². The third-order valence-corrected chi connectivity index (χ3v) is 4.38. The van der Waals surface area contributed by atoms with E-state index in [1.165, 1.54) is 0 Å². The summed E-state index contributed by atoms with van der Waals surface area (Å²) < 4.78 is 1.99. The lowest BCUT2D eigenvalue weighted by atomic mass is 9.90. The fourth-order valence-corrected chi connectivity index (χ4v) is 3.55. The van der Waals surface area contributed by atoms with Crippen molar-refractivity contribution in [3.8, 4) is 11.3 Å². The van der Waals surface area contributed by atoms with Crippen LogP contribution in [0.4, 0.5) is 0 Å². The van der Waals surface area contributed by atoms with E-state index in [0.717, 1.165) is 27.6 Å². The molecule has 0 fully saturated rings. The van der Waals surface area contributed by atoms with E-state index in [2.05, 4.69) is 20.8 Å². The third kappa shape index (κ3) is 2.52. The Bertz CT molecular complexity index is 826. The zero-order valence-electron chi connectivity index (χ0n) is 12.8. The van der Waals surface area contributed by atoms with E-state index in [0.29, 0.717) is 0 Å². The molecule has 3 aromatic rings. The van der Waals surface area contributed by atoms with Gasteiger partial charge in [-0.1, -0.05) is 51.1 Å². The van der Waals surface area contributed by atoms with Crippen molar-refractivity contribution < 1.29 is 9.90 Å². The topological polar surface area (TPSA) is 54.6 Å². The quantitative estimate of drug-likeness (QED) is 0.795. The van der Waals surface area contributed by atoms with Crippen molar-refractivity contribution in [3.05, 3.63) is 47.1 Å². The number of imidazole rings is 1. The number of rotatable bonds is 3. The van der Waals surface area contributed by atoms with Crippen molar-refractivity contribution in [3.63, 3.8) is 0 Å². The Labute approximate surface area is 133 Å². The molecule has 3 rings (SSSR count). The Balaban J connectivity index is 2.29. The summed E-state index contributed by atoms with van der Waals surface area (Å²) in [5.41, 5.74) is 3.51. The highest BCUT2D eigenvalue weighted by molar-refractivity contribution is 7.15. The number of hydrogen-bond donors (Lipinski definition) is 1. The lowest BCUT2D eigenvalue weighted by molar-refractivity contribution is -0.136. The summed E-state index contributed by atoms with van der Waals surface area (Å²) in [5.74, 6) is -0.836. The molecule has 4 nitrogen and oxygen atoms in total. The monoisotopic (exact) mass is 314 g/mol. The predicted molar refractivity (Wildman–Crippen MR) is 88.5 cm³/mol. The molecule has 0 saturated heterocycles. The Morgan fingerprint density at radius 3 is 2.55 bits per heavy atom. The molecule has 0 spiro atoms. The molecule has 22 heavy (non-hydrogen) atoms. The fourth-order valence-electron chi connectivity index (χ4n) is 2.63. The first kappa shape index (κ1) is 14.8. The van der Waals surface area contributed by atoms with Gasteiger partial charge in [-0.15, -0.1) is 11.3 Å². The molecule has 2 heterocycles. The van der Waals surface area contributed by atoms with Gasteiger partial charge in [-0.25, -0.2) is 4.98 Å². The second-order valence-electron chi connectivity index (χ2n) is 6.33. The summed E-state index contributed by atoms with van der Waals surface area (Å²) in [6, 6.07) is 10.00. The molecule has 114 valence electrons. The van der Waals surface area contributed by atoms with Crippen LogP contribution >= 0.6 is 11.3 Å². The lowest BCUT2D eigenvalue weighted by Crippen LogP contribution is -2.17. The minimum Gasteiger partial charge on any atom is -0.481 e. The van der Waals surface area contributed by atoms with Crippen molar-refractivity contribution in [2.75, 3.05) is 0 Å². The van der Waals surface area contributed by atoms with Crippen LogP contribution in [0.3, 0.4) is 0 Å². The van der Waals surface area contributed by atoms with Gasteiger partial charge >= 0.3 is 5.97 Å². The molecule has 0 unspecified atom stereocenters. The summed E-state index contributed by atoms with van der Waals surface area (Å²) in [7, 11) is 0. The average molecular weight is 314 g/mol. The van der Waals surface area contributed by atoms with Gasteiger partial charge in [0.05, 0.1) is 23.5 Å². The van der Waals surface area contributed by atoms with Gasteiger partial charge in [0.15, 0.2) is 4.96 Å². The number of nitrogens with zero attached hydrogens (tertiary/aromatic N) is 2. The molecular formula is C17H18N2O2S. The second kappa shape index (κ2) is 5.25. The van der Waals surface area contributed by atoms with E-state index >= 15 is 0 Å². The van der Waals surface area contributed by atoms with E-state index in [4.69, 9.17) is 4.98 Å². The van der Waals surface area contributed by atoms with Gasteiger partial charge < -0.3 is 5.11 Å². The van der Waals surface area contributed by atoms with Crippen molar-refractivity contribution in [1.82, 2.24) is 9.38 Å². The molecule has 1 aromatic carbocycles. The van der Waals surface area contributed by atoms with Crippen molar-refractivity contribution >= 4 is 22.3 Å². The summed E-state index contributed by atoms with van der Waals surface area (Å²) >= 11 is 1.55. The normalized spacial score (nSPS) is 12.0. The minimum absolute atomic E-state index is 0.0235. The molecule has 0 atom stereocenters. The summed E-state index contributed by atoms with van der Waals surface area (Å²) in [6.45, 7) is 6.19. The number of hydrogen-bond acceptors (Lipinski definition) is 3. The van der Waals surface area contributed by atoms with Gasteiger partial charge in [0, 0.05) is 10.8 Å². The number of fused-ring (bicyclic) bond motifs is 1. The number of thiazole rings is 1. The second-order valence-corrected chi connectivity index (χ2v) is 7.17. The van der Waals surface area contributed by atoms with Crippen LogP contribution in [-0.2, 0) is 16.6 Å². The zero-order valence-corrected chi connectivity index (χ0v) is 13.6. The fraction of sp³-hybridized carbons (Fsp3) is 0.294. The Hall–Kier alpha value is -2.14. The highest BCUT2D eigenvalue weighted by Gasteiger charge is 2.27. The molecule has 0 aliphatic rings. The van der Waals surface area contributed by atoms with Gasteiger partial charge in [0.25, 0.3) is 0 Å². The van der Waals surface area contributed by atoms with E-state index in [9.17, 15) is 9.90 Å². The third-order valence-electron chi connectivity index (χ3n) is 3.56. The maximum atomic E-state index is 11.3. The zero-order chi connectivity index (χ0) is 15.9. The Morgan fingerprint density at radius 1 is 1.27 bits per heavy atom. The molecular weight excluding hydrogens is 296 g/mol. The maximum Gasteiger partial charge on any atom is 0.309 e. The summed E-state index contributed by atoms with van der Waals surface area (Å²) in [4.78, 5) is 16.9. The molecule has 0 aliphatic heterocycles. The van der Waals surface area contributed by atoms with Crippen LogP contribution < -0.4 is 0 Å². The van der Waals surface area contributed by atoms with Crippen molar-refractivity contribution in [2.45, 2.75) is 32.6 Å². The maximum absolute atomic E-state index is 11.3. The van der Waals surface area contributed by atoms with E-state index in [1.807, 2.05) is 40.1 Å². The molecule has 5 heteroatoms. The average Bonchev–Trinajstić information content (AvgIpc) is 2.99. The molecule has 2 aromatic heterocycles. The first-order valence-electron chi connectivity index (χ1n) is 7.14. The first-order chi connectivity index (χ1) is 10.4. The number of aliphatic carboxylic acids is 1. The van der Waals surface area contributed by atoms with Crippen LogP contribution in [0, 0.1) is 0 Å². The predicted octanol–water partition coefficient (Wildman–Crippen LogP) is 3.99. The number of benzene rings is 1. The van der Waals surface area contributed by atoms with Crippen molar-refractivity contribution in [2.24, 2.45) is 0 Å². The lowest BCUT2D eigenvalue weighted by Gasteiger charge is -2.17. The van der Waals surface area contributed by atoms with Gasteiger partial charge in [-0.2, -0.15) is 0 Å². The number of aromatic nitrogens is 2. The minimum atomic E-state index is -0.836. The van der Waals surface area contributed by atoms with Crippen LogP contribution in [-0.4, -0.2) is 20.5 Å². The highest BCUT2D eigenvalue weighted by Crippen LogP contribution is 2.33. The van der Waals surface area contributed by atoms with E-state index in [1.54, 1.807) is 11.3 Å². The summed E-state index contributed by atoms with van der Waals surface area (Å²) in [6.07, 6.45) is -0.0235. The number of carbonyl (C=O) groups is 1. The largest absolute Gasteiger partial charge is 0.481 e. The van der Waals surface area contributed by atoms with Crippen LogP contribution in [0.5, 0.6) is 0 Å². The SMILES string of the molecule is CC(C)(C)c1nc2scc(-c3ccccc3)n2c1CC(=O)O. The van der Waals surface area contributed by atoms with Gasteiger partial charge in [0.2, 0.25) is 0 Å². The molecule has 0 amide bonds.